The fourth-order valence-corrected chi connectivity index (χ4v) is 2.35. The summed E-state index contributed by atoms with van der Waals surface area (Å²) >= 11 is 0. The van der Waals surface area contributed by atoms with Crippen LogP contribution in [0.25, 0.3) is 0 Å². The van der Waals surface area contributed by atoms with Crippen molar-refractivity contribution in [3.8, 4) is 0 Å². The smallest absolute Gasteiger partial charge is 0.253 e. The molecule has 0 aliphatic heterocycles. The Balaban J connectivity index is 2.00. The Kier molecular flexibility index (Phi) is 3.74. The van der Waals surface area contributed by atoms with E-state index in [4.69, 9.17) is 5.73 Å². The van der Waals surface area contributed by atoms with Crippen LogP contribution in [0.3, 0.4) is 0 Å². The Morgan fingerprint density at radius 3 is 2.47 bits per heavy atom. The van der Waals surface area contributed by atoms with Crippen molar-refractivity contribution in [2.45, 2.75) is 37.8 Å². The molecule has 1 heterocycles. The Hall–Kier alpha value is -1.42. The number of hydrogen-bond acceptors (Lipinski definition) is 3. The summed E-state index contributed by atoms with van der Waals surface area (Å²) in [7, 11) is 1.88. The largest absolute Gasteiger partial charge is 0.339 e. The van der Waals surface area contributed by atoms with E-state index in [2.05, 4.69) is 4.98 Å². The molecule has 4 nitrogen and oxygen atoms in total. The van der Waals surface area contributed by atoms with Gasteiger partial charge in [-0.15, -0.1) is 0 Å². The standard InChI is InChI=1S/C13H19N3O/c1-16(12-4-2-11(14)3-5-12)13(17)10-6-8-15-9-7-10/h6-9,11-12H,2-5,14H2,1H3. The molecule has 92 valence electrons. The van der Waals surface area contributed by atoms with E-state index in [1.807, 2.05) is 11.9 Å². The maximum Gasteiger partial charge on any atom is 0.253 e. The minimum atomic E-state index is 0.0767. The van der Waals surface area contributed by atoms with Gasteiger partial charge in [0.05, 0.1) is 0 Å². The number of rotatable bonds is 2. The lowest BCUT2D eigenvalue weighted by molar-refractivity contribution is 0.0690. The molecule has 1 aromatic heterocycles. The summed E-state index contributed by atoms with van der Waals surface area (Å²) in [5, 5.41) is 0. The first kappa shape index (κ1) is 12.0. The molecule has 1 aliphatic rings. The highest BCUT2D eigenvalue weighted by Crippen LogP contribution is 2.22. The molecule has 1 aromatic rings. The topological polar surface area (TPSA) is 59.2 Å². The lowest BCUT2D eigenvalue weighted by Crippen LogP contribution is -2.41. The molecule has 1 saturated carbocycles. The van der Waals surface area contributed by atoms with Crippen molar-refractivity contribution in [2.75, 3.05) is 7.05 Å². The summed E-state index contributed by atoms with van der Waals surface area (Å²) in [4.78, 5) is 18.0. The van der Waals surface area contributed by atoms with Crippen molar-refractivity contribution in [3.05, 3.63) is 30.1 Å². The van der Waals surface area contributed by atoms with E-state index in [1.54, 1.807) is 24.5 Å². The summed E-state index contributed by atoms with van der Waals surface area (Å²) in [6, 6.07) is 4.16. The monoisotopic (exact) mass is 233 g/mol. The van der Waals surface area contributed by atoms with Crippen LogP contribution in [0.15, 0.2) is 24.5 Å². The molecule has 17 heavy (non-hydrogen) atoms. The molecule has 1 aliphatic carbocycles. The third-order valence-electron chi connectivity index (χ3n) is 3.54. The second kappa shape index (κ2) is 5.27. The maximum absolute atomic E-state index is 12.2. The third kappa shape index (κ3) is 2.82. The molecular formula is C13H19N3O. The van der Waals surface area contributed by atoms with Gasteiger partial charge in [0.1, 0.15) is 0 Å². The summed E-state index contributed by atoms with van der Waals surface area (Å²) in [6.07, 6.45) is 7.34. The Labute approximate surface area is 102 Å². The highest BCUT2D eigenvalue weighted by molar-refractivity contribution is 5.94. The zero-order chi connectivity index (χ0) is 12.3. The Morgan fingerprint density at radius 1 is 1.29 bits per heavy atom. The first-order valence-corrected chi connectivity index (χ1v) is 6.11. The van der Waals surface area contributed by atoms with Crippen molar-refractivity contribution in [1.82, 2.24) is 9.88 Å². The van der Waals surface area contributed by atoms with E-state index >= 15 is 0 Å². The van der Waals surface area contributed by atoms with Crippen LogP contribution in [0.4, 0.5) is 0 Å². The number of pyridine rings is 1. The van der Waals surface area contributed by atoms with Gasteiger partial charge in [-0.3, -0.25) is 9.78 Å². The van der Waals surface area contributed by atoms with E-state index in [0.717, 1.165) is 25.7 Å². The molecule has 0 atom stereocenters. The predicted molar refractivity (Wildman–Crippen MR) is 66.6 cm³/mol. The van der Waals surface area contributed by atoms with Crippen molar-refractivity contribution in [3.63, 3.8) is 0 Å². The van der Waals surface area contributed by atoms with Gasteiger partial charge in [-0.05, 0) is 37.8 Å². The normalized spacial score (nSPS) is 24.4. The lowest BCUT2D eigenvalue weighted by Gasteiger charge is -2.33. The first-order chi connectivity index (χ1) is 8.18. The van der Waals surface area contributed by atoms with Crippen molar-refractivity contribution in [2.24, 2.45) is 5.73 Å². The van der Waals surface area contributed by atoms with Crippen molar-refractivity contribution >= 4 is 5.91 Å². The van der Waals surface area contributed by atoms with E-state index in [0.29, 0.717) is 17.6 Å². The van der Waals surface area contributed by atoms with Crippen molar-refractivity contribution in [1.29, 1.82) is 0 Å². The Morgan fingerprint density at radius 2 is 1.88 bits per heavy atom. The van der Waals surface area contributed by atoms with Gasteiger partial charge in [-0.25, -0.2) is 0 Å². The van der Waals surface area contributed by atoms with E-state index in [9.17, 15) is 4.79 Å². The average molecular weight is 233 g/mol. The number of carbonyl (C=O) groups excluding carboxylic acids is 1. The first-order valence-electron chi connectivity index (χ1n) is 6.11. The molecule has 0 aromatic carbocycles. The molecule has 2 rings (SSSR count). The lowest BCUT2D eigenvalue weighted by atomic mass is 9.91. The molecule has 0 radical (unpaired) electrons. The molecule has 0 bridgehead atoms. The van der Waals surface area contributed by atoms with Crippen LogP contribution >= 0.6 is 0 Å². The van der Waals surface area contributed by atoms with E-state index in [-0.39, 0.29) is 5.91 Å². The molecule has 2 N–H and O–H groups in total. The summed E-state index contributed by atoms with van der Waals surface area (Å²) < 4.78 is 0. The third-order valence-corrected chi connectivity index (χ3v) is 3.54. The average Bonchev–Trinajstić information content (AvgIpc) is 2.39. The number of amides is 1. The number of aromatic nitrogens is 1. The second-order valence-corrected chi connectivity index (χ2v) is 4.72. The van der Waals surface area contributed by atoms with Crippen LogP contribution in [0.5, 0.6) is 0 Å². The van der Waals surface area contributed by atoms with Gasteiger partial charge in [-0.1, -0.05) is 0 Å². The number of carbonyl (C=O) groups is 1. The zero-order valence-electron chi connectivity index (χ0n) is 10.2. The van der Waals surface area contributed by atoms with Crippen LogP contribution < -0.4 is 5.73 Å². The van der Waals surface area contributed by atoms with Crippen LogP contribution in [-0.2, 0) is 0 Å². The van der Waals surface area contributed by atoms with Gasteiger partial charge >= 0.3 is 0 Å². The van der Waals surface area contributed by atoms with Crippen LogP contribution in [-0.4, -0.2) is 34.9 Å². The number of nitrogens with zero attached hydrogens (tertiary/aromatic N) is 2. The molecular weight excluding hydrogens is 214 g/mol. The van der Waals surface area contributed by atoms with Crippen LogP contribution in [0.2, 0.25) is 0 Å². The zero-order valence-corrected chi connectivity index (χ0v) is 10.2. The fraction of sp³-hybridized carbons (Fsp3) is 0.538. The molecule has 4 heteroatoms. The quantitative estimate of drug-likeness (QED) is 0.840. The van der Waals surface area contributed by atoms with Crippen molar-refractivity contribution < 1.29 is 4.79 Å². The van der Waals surface area contributed by atoms with Gasteiger partial charge < -0.3 is 10.6 Å². The molecule has 1 fully saturated rings. The van der Waals surface area contributed by atoms with Gasteiger partial charge in [-0.2, -0.15) is 0 Å². The highest BCUT2D eigenvalue weighted by Gasteiger charge is 2.25. The molecule has 0 unspecified atom stereocenters. The maximum atomic E-state index is 12.2. The Bertz CT molecular complexity index is 372. The second-order valence-electron chi connectivity index (χ2n) is 4.72. The molecule has 0 spiro atoms. The summed E-state index contributed by atoms with van der Waals surface area (Å²) in [6.45, 7) is 0. The van der Waals surface area contributed by atoms with Gasteiger partial charge in [0.2, 0.25) is 0 Å². The minimum Gasteiger partial charge on any atom is -0.339 e. The van der Waals surface area contributed by atoms with Gasteiger partial charge in [0, 0.05) is 37.1 Å². The number of hydrogen-bond donors (Lipinski definition) is 1. The van der Waals surface area contributed by atoms with E-state index < -0.39 is 0 Å². The van der Waals surface area contributed by atoms with Gasteiger partial charge in [0.15, 0.2) is 0 Å². The van der Waals surface area contributed by atoms with E-state index in [1.165, 1.54) is 0 Å². The fourth-order valence-electron chi connectivity index (χ4n) is 2.35. The highest BCUT2D eigenvalue weighted by atomic mass is 16.2. The van der Waals surface area contributed by atoms with Gasteiger partial charge in [0.25, 0.3) is 5.91 Å². The van der Waals surface area contributed by atoms with Crippen LogP contribution in [0.1, 0.15) is 36.0 Å². The number of nitrogens with two attached hydrogens (primary N) is 1. The predicted octanol–water partition coefficient (Wildman–Crippen LogP) is 1.42. The molecule has 0 saturated heterocycles. The minimum absolute atomic E-state index is 0.0767. The summed E-state index contributed by atoms with van der Waals surface area (Å²) in [5.41, 5.74) is 6.58. The summed E-state index contributed by atoms with van der Waals surface area (Å²) in [5.74, 6) is 0.0767. The molecule has 1 amide bonds. The van der Waals surface area contributed by atoms with Crippen LogP contribution in [0, 0.1) is 0 Å². The SMILES string of the molecule is CN(C(=O)c1ccncc1)C1CCC(N)CC1.